The zero-order valence-electron chi connectivity index (χ0n) is 24.6. The number of unbranched alkanes of at least 4 members (excludes halogenated alkanes) is 1. The number of amides is 2. The Labute approximate surface area is 266 Å². The summed E-state index contributed by atoms with van der Waals surface area (Å²) in [5.74, 6) is -1.46. The predicted octanol–water partition coefficient (Wildman–Crippen LogP) is 7.27. The fourth-order valence-electron chi connectivity index (χ4n) is 6.64. The van der Waals surface area contributed by atoms with E-state index >= 15 is 0 Å². The quantitative estimate of drug-likeness (QED) is 0.128. The number of alkyl halides is 6. The maximum atomic E-state index is 13.7. The second-order valence-electron chi connectivity index (χ2n) is 12.0. The van der Waals surface area contributed by atoms with Gasteiger partial charge in [0.1, 0.15) is 31.6 Å². The monoisotopic (exact) mass is 668 g/mol. The molecule has 0 spiro atoms. The van der Waals surface area contributed by atoms with Crippen LogP contribution in [0.15, 0.2) is 66.7 Å². The molecular formula is C33H33ClF6N3O3+. The Hall–Kier alpha value is -3.61. The first-order valence-electron chi connectivity index (χ1n) is 14.9. The summed E-state index contributed by atoms with van der Waals surface area (Å²) in [5, 5.41) is 16.0. The van der Waals surface area contributed by atoms with Crippen LogP contribution in [0, 0.1) is 0 Å². The molecule has 0 aromatic heterocycles. The number of halogens is 7. The summed E-state index contributed by atoms with van der Waals surface area (Å²) in [6.07, 6.45) is -7.36. The Balaban J connectivity index is 1.22. The largest absolute Gasteiger partial charge is 0.416 e. The lowest BCUT2D eigenvalue weighted by Gasteiger charge is -2.37. The molecule has 0 bridgehead atoms. The first kappa shape index (κ1) is 33.7. The number of nitrogens with zero attached hydrogens (tertiary/aromatic N) is 1. The Morgan fingerprint density at radius 1 is 0.891 bits per heavy atom. The molecule has 3 aromatic carbocycles. The zero-order chi connectivity index (χ0) is 33.3. The lowest BCUT2D eigenvalue weighted by molar-refractivity contribution is -1.10. The van der Waals surface area contributed by atoms with E-state index in [9.17, 15) is 41.1 Å². The Morgan fingerprint density at radius 3 is 2.04 bits per heavy atom. The van der Waals surface area contributed by atoms with E-state index in [0.717, 1.165) is 23.3 Å². The molecule has 0 radical (unpaired) electrons. The van der Waals surface area contributed by atoms with Gasteiger partial charge in [-0.3, -0.25) is 9.59 Å². The molecule has 3 N–H and O–H groups in total. The number of rotatable bonds is 9. The highest BCUT2D eigenvalue weighted by molar-refractivity contribution is 6.33. The zero-order valence-corrected chi connectivity index (χ0v) is 25.4. The molecule has 0 saturated carbocycles. The van der Waals surface area contributed by atoms with Gasteiger partial charge in [0, 0.05) is 18.9 Å². The molecule has 1 heterocycles. The van der Waals surface area contributed by atoms with Gasteiger partial charge in [-0.25, -0.2) is 5.21 Å². The Kier molecular flexibility index (Phi) is 9.45. The molecule has 2 aliphatic rings. The van der Waals surface area contributed by atoms with Crippen molar-refractivity contribution in [1.82, 2.24) is 10.6 Å². The standard InChI is InChI=1S/C33H32ClF6N3O3/c34-28-12-11-21(33(38,39)40)19-25(28)29(44)42-22-13-17-43(46,18-14-22)16-6-5-15-31(30(45)41-20-32(35,36)37)26-9-3-1-7-23(26)24-8-2-4-10-27(24)31/h1-4,7-12,19,22,46H,5-6,13-18,20H2,(H-,41,42,44,45)/p+1. The van der Waals surface area contributed by atoms with Crippen molar-refractivity contribution >= 4 is 23.4 Å². The van der Waals surface area contributed by atoms with Gasteiger partial charge < -0.3 is 10.6 Å². The lowest BCUT2D eigenvalue weighted by Crippen LogP contribution is -2.55. The SMILES string of the molecule is O=C(NC1CC[N+](O)(CCCCC2(C(=O)NCC(F)(F)F)c3ccccc3-c3ccccc32)CC1)c1cc(C(F)(F)F)ccc1Cl. The van der Waals surface area contributed by atoms with Crippen molar-refractivity contribution in [3.63, 3.8) is 0 Å². The summed E-state index contributed by atoms with van der Waals surface area (Å²) >= 11 is 6.00. The molecule has 13 heteroatoms. The average Bonchev–Trinajstić information content (AvgIpc) is 3.29. The minimum absolute atomic E-state index is 0.106. The van der Waals surface area contributed by atoms with Crippen molar-refractivity contribution in [3.05, 3.63) is 94.0 Å². The number of hydroxylamine groups is 3. The number of fused-ring (bicyclic) bond motifs is 3. The van der Waals surface area contributed by atoms with Crippen LogP contribution in [0.4, 0.5) is 26.3 Å². The number of hydrogen-bond donors (Lipinski definition) is 3. The van der Waals surface area contributed by atoms with Crippen LogP contribution in [-0.2, 0) is 16.4 Å². The molecule has 1 fully saturated rings. The third-order valence-electron chi connectivity index (χ3n) is 8.94. The molecule has 3 aromatic rings. The van der Waals surface area contributed by atoms with Crippen molar-refractivity contribution < 1.29 is 45.8 Å². The number of nitrogens with one attached hydrogen (secondary N) is 2. The van der Waals surface area contributed by atoms with E-state index < -0.39 is 41.7 Å². The third-order valence-corrected chi connectivity index (χ3v) is 9.27. The van der Waals surface area contributed by atoms with Gasteiger partial charge in [-0.05, 0) is 59.7 Å². The third kappa shape index (κ3) is 7.03. The van der Waals surface area contributed by atoms with Crippen LogP contribution in [0.3, 0.4) is 0 Å². The van der Waals surface area contributed by atoms with Crippen molar-refractivity contribution in [2.45, 2.75) is 55.9 Å². The van der Waals surface area contributed by atoms with E-state index in [-0.39, 0.29) is 40.8 Å². The van der Waals surface area contributed by atoms with Crippen LogP contribution in [0.25, 0.3) is 11.1 Å². The minimum Gasteiger partial charge on any atom is -0.349 e. The molecule has 1 aliphatic heterocycles. The summed E-state index contributed by atoms with van der Waals surface area (Å²) < 4.78 is 78.4. The first-order chi connectivity index (χ1) is 21.6. The second-order valence-corrected chi connectivity index (χ2v) is 12.4. The van der Waals surface area contributed by atoms with Crippen LogP contribution >= 0.6 is 11.6 Å². The Bertz CT molecular complexity index is 1560. The topological polar surface area (TPSA) is 78.4 Å². The molecular weight excluding hydrogens is 636 g/mol. The van der Waals surface area contributed by atoms with E-state index in [1.807, 2.05) is 24.3 Å². The molecule has 246 valence electrons. The van der Waals surface area contributed by atoms with E-state index in [2.05, 4.69) is 10.6 Å². The smallest absolute Gasteiger partial charge is 0.349 e. The summed E-state index contributed by atoms with van der Waals surface area (Å²) in [6, 6.07) is 16.6. The van der Waals surface area contributed by atoms with Crippen molar-refractivity contribution in [2.75, 3.05) is 26.2 Å². The highest BCUT2D eigenvalue weighted by atomic mass is 35.5. The van der Waals surface area contributed by atoms with Crippen LogP contribution in [0.2, 0.25) is 5.02 Å². The number of carbonyl (C=O) groups excluding carboxylic acids is 2. The highest BCUT2D eigenvalue weighted by Crippen LogP contribution is 2.51. The highest BCUT2D eigenvalue weighted by Gasteiger charge is 2.49. The van der Waals surface area contributed by atoms with Crippen LogP contribution in [-0.4, -0.2) is 60.1 Å². The molecule has 2 amide bonds. The van der Waals surface area contributed by atoms with Crippen molar-refractivity contribution in [3.8, 4) is 11.1 Å². The summed E-state index contributed by atoms with van der Waals surface area (Å²) in [6.45, 7) is -0.607. The van der Waals surface area contributed by atoms with Crippen LogP contribution in [0.1, 0.15) is 59.2 Å². The number of carbonyl (C=O) groups is 2. The number of hydrogen-bond acceptors (Lipinski definition) is 3. The van der Waals surface area contributed by atoms with Gasteiger partial charge in [-0.2, -0.15) is 31.0 Å². The second kappa shape index (κ2) is 12.9. The summed E-state index contributed by atoms with van der Waals surface area (Å²) in [7, 11) is 0. The van der Waals surface area contributed by atoms with Gasteiger partial charge in [0.2, 0.25) is 5.91 Å². The van der Waals surface area contributed by atoms with Gasteiger partial charge in [0.05, 0.1) is 16.1 Å². The molecule has 5 rings (SSSR count). The Morgan fingerprint density at radius 2 is 1.48 bits per heavy atom. The molecule has 6 nitrogen and oxygen atoms in total. The van der Waals surface area contributed by atoms with Crippen LogP contribution < -0.4 is 10.6 Å². The predicted molar refractivity (Wildman–Crippen MR) is 159 cm³/mol. The molecule has 0 unspecified atom stereocenters. The minimum atomic E-state index is -4.63. The number of benzene rings is 3. The van der Waals surface area contributed by atoms with E-state index in [1.165, 1.54) is 0 Å². The van der Waals surface area contributed by atoms with Gasteiger partial charge in [0.15, 0.2) is 0 Å². The van der Waals surface area contributed by atoms with E-state index in [0.29, 0.717) is 49.4 Å². The van der Waals surface area contributed by atoms with E-state index in [4.69, 9.17) is 11.6 Å². The molecule has 46 heavy (non-hydrogen) atoms. The fourth-order valence-corrected chi connectivity index (χ4v) is 6.84. The summed E-state index contributed by atoms with van der Waals surface area (Å²) in [5.41, 5.74) is 0.266. The number of quaternary nitrogens is 1. The number of piperidine rings is 1. The maximum absolute atomic E-state index is 13.7. The molecule has 1 saturated heterocycles. The maximum Gasteiger partial charge on any atom is 0.416 e. The summed E-state index contributed by atoms with van der Waals surface area (Å²) in [4.78, 5) is 26.4. The van der Waals surface area contributed by atoms with Crippen molar-refractivity contribution in [2.24, 2.45) is 0 Å². The van der Waals surface area contributed by atoms with Gasteiger partial charge in [-0.1, -0.05) is 60.1 Å². The number of likely N-dealkylation sites (tertiary alicyclic amines) is 1. The van der Waals surface area contributed by atoms with Gasteiger partial charge in [-0.15, -0.1) is 0 Å². The first-order valence-corrected chi connectivity index (χ1v) is 15.3. The average molecular weight is 669 g/mol. The molecule has 1 aliphatic carbocycles. The van der Waals surface area contributed by atoms with Gasteiger partial charge >= 0.3 is 12.4 Å². The van der Waals surface area contributed by atoms with Crippen LogP contribution in [0.5, 0.6) is 0 Å². The molecule has 0 atom stereocenters. The van der Waals surface area contributed by atoms with Gasteiger partial charge in [0.25, 0.3) is 5.91 Å². The van der Waals surface area contributed by atoms with Crippen molar-refractivity contribution in [1.29, 1.82) is 0 Å². The van der Waals surface area contributed by atoms with E-state index in [1.54, 1.807) is 24.3 Å². The lowest BCUT2D eigenvalue weighted by atomic mass is 9.73. The fraction of sp³-hybridized carbons (Fsp3) is 0.394. The normalized spacial score (nSPS) is 20.5.